The first-order chi connectivity index (χ1) is 9.07. The molecule has 0 radical (unpaired) electrons. The molecule has 1 aliphatic rings. The number of aryl methyl sites for hydroxylation is 1. The van der Waals surface area contributed by atoms with E-state index in [1.807, 2.05) is 12.1 Å². The summed E-state index contributed by atoms with van der Waals surface area (Å²) in [5, 5.41) is 22.7. The second kappa shape index (κ2) is 6.37. The third-order valence-corrected chi connectivity index (χ3v) is 3.66. The molecule has 1 heterocycles. The normalized spacial score (nSPS) is 24.5. The summed E-state index contributed by atoms with van der Waals surface area (Å²) in [6.07, 6.45) is 2.68. The molecule has 2 atom stereocenters. The highest BCUT2D eigenvalue weighted by Crippen LogP contribution is 2.17. The predicted molar refractivity (Wildman–Crippen MR) is 74.3 cm³/mol. The summed E-state index contributed by atoms with van der Waals surface area (Å²) in [6.45, 7) is 3.80. The first-order valence-electron chi connectivity index (χ1n) is 6.89. The monoisotopic (exact) mass is 265 g/mol. The van der Waals surface area contributed by atoms with Crippen molar-refractivity contribution >= 4 is 0 Å². The lowest BCUT2D eigenvalue weighted by atomic mass is 10.0. The van der Waals surface area contributed by atoms with Gasteiger partial charge in [0, 0.05) is 25.6 Å². The van der Waals surface area contributed by atoms with Crippen LogP contribution in [0.2, 0.25) is 0 Å². The van der Waals surface area contributed by atoms with Crippen molar-refractivity contribution in [3.63, 3.8) is 0 Å². The van der Waals surface area contributed by atoms with E-state index >= 15 is 0 Å². The number of rotatable bonds is 6. The maximum atomic E-state index is 10.1. The van der Waals surface area contributed by atoms with E-state index in [-0.39, 0.29) is 0 Å². The Morgan fingerprint density at radius 2 is 2.11 bits per heavy atom. The van der Waals surface area contributed by atoms with Crippen molar-refractivity contribution in [2.45, 2.75) is 37.8 Å². The largest absolute Gasteiger partial charge is 0.508 e. The van der Waals surface area contributed by atoms with Gasteiger partial charge in [0.2, 0.25) is 0 Å². The first-order valence-corrected chi connectivity index (χ1v) is 6.89. The molecule has 2 rings (SSSR count). The van der Waals surface area contributed by atoms with Crippen LogP contribution in [0.3, 0.4) is 0 Å². The van der Waals surface area contributed by atoms with E-state index in [1.165, 1.54) is 5.56 Å². The van der Waals surface area contributed by atoms with E-state index in [9.17, 15) is 10.2 Å². The molecule has 0 amide bonds. The second-order valence-electron chi connectivity index (χ2n) is 5.51. The summed E-state index contributed by atoms with van der Waals surface area (Å²) in [6, 6.07) is 7.66. The van der Waals surface area contributed by atoms with E-state index in [4.69, 9.17) is 4.74 Å². The maximum absolute atomic E-state index is 10.1. The number of phenolic OH excluding ortho intramolecular Hbond substituents is 1. The Bertz CT molecular complexity index is 385. The smallest absolute Gasteiger partial charge is 0.115 e. The molecule has 3 N–H and O–H groups in total. The van der Waals surface area contributed by atoms with Gasteiger partial charge in [-0.05, 0) is 37.5 Å². The highest BCUT2D eigenvalue weighted by molar-refractivity contribution is 5.25. The summed E-state index contributed by atoms with van der Waals surface area (Å²) < 4.78 is 5.22. The van der Waals surface area contributed by atoms with Gasteiger partial charge in [0.05, 0.1) is 6.61 Å². The fraction of sp³-hybridized carbons (Fsp3) is 0.600. The Morgan fingerprint density at radius 3 is 2.74 bits per heavy atom. The molecule has 1 aromatic carbocycles. The van der Waals surface area contributed by atoms with Gasteiger partial charge in [-0.15, -0.1) is 0 Å². The molecule has 1 aromatic rings. The molecule has 0 aromatic heterocycles. The molecular weight excluding hydrogens is 242 g/mol. The van der Waals surface area contributed by atoms with E-state index in [1.54, 1.807) is 12.1 Å². The van der Waals surface area contributed by atoms with Crippen LogP contribution in [0.4, 0.5) is 0 Å². The van der Waals surface area contributed by atoms with Crippen LogP contribution < -0.4 is 5.32 Å². The quantitative estimate of drug-likeness (QED) is 0.728. The van der Waals surface area contributed by atoms with Gasteiger partial charge < -0.3 is 20.3 Å². The molecule has 1 saturated heterocycles. The van der Waals surface area contributed by atoms with Gasteiger partial charge in [0.15, 0.2) is 0 Å². The van der Waals surface area contributed by atoms with Crippen LogP contribution >= 0.6 is 0 Å². The van der Waals surface area contributed by atoms with E-state index in [0.717, 1.165) is 12.8 Å². The van der Waals surface area contributed by atoms with Crippen molar-refractivity contribution in [3.8, 4) is 5.75 Å². The molecule has 0 aliphatic carbocycles. The highest BCUT2D eigenvalue weighted by atomic mass is 16.5. The molecule has 0 saturated carbocycles. The van der Waals surface area contributed by atoms with Crippen molar-refractivity contribution in [1.29, 1.82) is 0 Å². The summed E-state index contributed by atoms with van der Waals surface area (Å²) in [4.78, 5) is 0. The zero-order valence-electron chi connectivity index (χ0n) is 11.4. The summed E-state index contributed by atoms with van der Waals surface area (Å²) in [5.41, 5.74) is 0.529. The Labute approximate surface area is 114 Å². The third-order valence-electron chi connectivity index (χ3n) is 3.66. The van der Waals surface area contributed by atoms with Gasteiger partial charge in [0.1, 0.15) is 11.4 Å². The van der Waals surface area contributed by atoms with E-state index in [2.05, 4.69) is 12.2 Å². The summed E-state index contributed by atoms with van der Waals surface area (Å²) in [7, 11) is 0. The number of hydrogen-bond acceptors (Lipinski definition) is 4. The number of ether oxygens (including phenoxy) is 1. The minimum Gasteiger partial charge on any atom is -0.508 e. The van der Waals surface area contributed by atoms with Gasteiger partial charge in [-0.25, -0.2) is 0 Å². The Morgan fingerprint density at radius 1 is 1.37 bits per heavy atom. The Balaban J connectivity index is 1.69. The average Bonchev–Trinajstić information content (AvgIpc) is 2.83. The fourth-order valence-electron chi connectivity index (χ4n) is 2.25. The molecule has 19 heavy (non-hydrogen) atoms. The number of hydrogen-bond donors (Lipinski definition) is 3. The van der Waals surface area contributed by atoms with Crippen molar-refractivity contribution in [2.24, 2.45) is 0 Å². The van der Waals surface area contributed by atoms with Crippen molar-refractivity contribution in [2.75, 3.05) is 19.8 Å². The summed E-state index contributed by atoms with van der Waals surface area (Å²) in [5.74, 6) is 0.304. The number of aliphatic hydroxyl groups is 1. The number of nitrogens with one attached hydrogen (secondary N) is 1. The maximum Gasteiger partial charge on any atom is 0.115 e. The molecule has 106 valence electrons. The van der Waals surface area contributed by atoms with Gasteiger partial charge in [-0.2, -0.15) is 0 Å². The zero-order valence-corrected chi connectivity index (χ0v) is 11.4. The van der Waals surface area contributed by atoms with E-state index in [0.29, 0.717) is 38.0 Å². The van der Waals surface area contributed by atoms with Crippen LogP contribution in [-0.2, 0) is 11.2 Å². The summed E-state index contributed by atoms with van der Waals surface area (Å²) >= 11 is 0. The van der Waals surface area contributed by atoms with E-state index < -0.39 is 5.60 Å². The third kappa shape index (κ3) is 4.49. The topological polar surface area (TPSA) is 61.7 Å². The van der Waals surface area contributed by atoms with Crippen LogP contribution in [0.5, 0.6) is 5.75 Å². The van der Waals surface area contributed by atoms with Gasteiger partial charge in [-0.1, -0.05) is 12.1 Å². The standard InChI is InChI=1S/C15H23NO3/c1-12(16-10-15(18)8-9-19-11-15)2-3-13-4-6-14(17)7-5-13/h4-7,12,16-18H,2-3,8-11H2,1H3. The molecule has 0 spiro atoms. The molecule has 1 aliphatic heterocycles. The SMILES string of the molecule is CC(CCc1ccc(O)cc1)NCC1(O)CCOC1. The van der Waals surface area contributed by atoms with Crippen LogP contribution in [0.1, 0.15) is 25.3 Å². The number of phenols is 1. The zero-order chi connectivity index (χ0) is 13.7. The average molecular weight is 265 g/mol. The minimum absolute atomic E-state index is 0.304. The van der Waals surface area contributed by atoms with Crippen LogP contribution in [-0.4, -0.2) is 41.6 Å². The second-order valence-corrected chi connectivity index (χ2v) is 5.51. The van der Waals surface area contributed by atoms with Crippen LogP contribution in [0.25, 0.3) is 0 Å². The van der Waals surface area contributed by atoms with Crippen LogP contribution in [0, 0.1) is 0 Å². The van der Waals surface area contributed by atoms with Gasteiger partial charge in [-0.3, -0.25) is 0 Å². The van der Waals surface area contributed by atoms with Gasteiger partial charge >= 0.3 is 0 Å². The molecule has 1 fully saturated rings. The lowest BCUT2D eigenvalue weighted by molar-refractivity contribution is 0.0250. The van der Waals surface area contributed by atoms with Gasteiger partial charge in [0.25, 0.3) is 0 Å². The molecule has 0 bridgehead atoms. The molecule has 2 unspecified atom stereocenters. The van der Waals surface area contributed by atoms with Crippen molar-refractivity contribution in [1.82, 2.24) is 5.32 Å². The minimum atomic E-state index is -0.688. The lowest BCUT2D eigenvalue weighted by Crippen LogP contribution is -2.44. The number of aromatic hydroxyl groups is 1. The lowest BCUT2D eigenvalue weighted by Gasteiger charge is -2.23. The number of benzene rings is 1. The van der Waals surface area contributed by atoms with Crippen LogP contribution in [0.15, 0.2) is 24.3 Å². The predicted octanol–water partition coefficient (Wildman–Crippen LogP) is 1.45. The highest BCUT2D eigenvalue weighted by Gasteiger charge is 2.31. The molecule has 4 heteroatoms. The van der Waals surface area contributed by atoms with Crippen molar-refractivity contribution < 1.29 is 14.9 Å². The molecule has 4 nitrogen and oxygen atoms in total. The Kier molecular flexibility index (Phi) is 4.80. The first kappa shape index (κ1) is 14.3. The van der Waals surface area contributed by atoms with Crippen molar-refractivity contribution in [3.05, 3.63) is 29.8 Å². The fourth-order valence-corrected chi connectivity index (χ4v) is 2.25. The Hall–Kier alpha value is -1.10. The molecular formula is C15H23NO3.